The van der Waals surface area contributed by atoms with Crippen LogP contribution in [0.1, 0.15) is 5.56 Å². The van der Waals surface area contributed by atoms with Crippen LogP contribution in [0.5, 0.6) is 0 Å². The summed E-state index contributed by atoms with van der Waals surface area (Å²) in [5.41, 5.74) is 3.47. The molecule has 0 saturated carbocycles. The van der Waals surface area contributed by atoms with Crippen molar-refractivity contribution in [2.45, 2.75) is 6.42 Å². The highest BCUT2D eigenvalue weighted by molar-refractivity contribution is 9.09. The number of halogens is 1. The number of aromatic nitrogens is 1. The third-order valence-corrected chi connectivity index (χ3v) is 2.94. The second kappa shape index (κ2) is 4.84. The van der Waals surface area contributed by atoms with Gasteiger partial charge < -0.3 is 9.73 Å². The normalized spacial score (nSPS) is 11.1. The third-order valence-electron chi connectivity index (χ3n) is 2.54. The molecule has 0 radical (unpaired) electrons. The summed E-state index contributed by atoms with van der Waals surface area (Å²) in [4.78, 5) is 11.3. The van der Waals surface area contributed by atoms with E-state index in [1.54, 1.807) is 7.05 Å². The van der Waals surface area contributed by atoms with Crippen molar-refractivity contribution >= 4 is 27.0 Å². The molecule has 0 fully saturated rings. The first-order valence-electron chi connectivity index (χ1n) is 5.07. The fraction of sp³-hybridized carbons (Fsp3) is 0.364. The van der Waals surface area contributed by atoms with Gasteiger partial charge in [-0.3, -0.25) is 4.57 Å². The maximum atomic E-state index is 11.3. The molecule has 2 rings (SSSR count). The molecule has 1 aromatic heterocycles. The highest BCUT2D eigenvalue weighted by atomic mass is 79.9. The lowest BCUT2D eigenvalue weighted by Crippen LogP contribution is -2.14. The summed E-state index contributed by atoms with van der Waals surface area (Å²) in [6.07, 6.45) is 0.931. The van der Waals surface area contributed by atoms with Crippen LogP contribution >= 0.6 is 15.9 Å². The van der Waals surface area contributed by atoms with Crippen LogP contribution in [0, 0.1) is 0 Å². The van der Waals surface area contributed by atoms with E-state index in [1.807, 2.05) is 18.2 Å². The monoisotopic (exact) mass is 284 g/mol. The summed E-state index contributed by atoms with van der Waals surface area (Å²) < 4.78 is 6.59. The zero-order valence-corrected chi connectivity index (χ0v) is 10.6. The van der Waals surface area contributed by atoms with Crippen molar-refractivity contribution in [2.24, 2.45) is 7.05 Å². The average Bonchev–Trinajstić information content (AvgIpc) is 2.56. The van der Waals surface area contributed by atoms with Gasteiger partial charge >= 0.3 is 5.76 Å². The summed E-state index contributed by atoms with van der Waals surface area (Å²) >= 11 is 3.31. The van der Waals surface area contributed by atoms with Crippen LogP contribution in [0.25, 0.3) is 11.1 Å². The fourth-order valence-corrected chi connectivity index (χ4v) is 1.91. The number of benzene rings is 1. The molecular weight excluding hydrogens is 272 g/mol. The SMILES string of the molecule is Cn1c(=O)oc2ccc(CCNCBr)cc21. The predicted molar refractivity (Wildman–Crippen MR) is 67.0 cm³/mol. The van der Waals surface area contributed by atoms with Crippen LogP contribution in [0.3, 0.4) is 0 Å². The molecule has 0 atom stereocenters. The number of nitrogens with one attached hydrogen (secondary N) is 1. The molecule has 0 bridgehead atoms. The molecule has 0 spiro atoms. The molecule has 2 aromatic rings. The minimum Gasteiger partial charge on any atom is -0.408 e. The van der Waals surface area contributed by atoms with Crippen LogP contribution in [0.4, 0.5) is 0 Å². The third kappa shape index (κ3) is 2.20. The molecule has 1 N–H and O–H groups in total. The largest absolute Gasteiger partial charge is 0.419 e. The van der Waals surface area contributed by atoms with Crippen molar-refractivity contribution in [3.05, 3.63) is 34.3 Å². The summed E-state index contributed by atoms with van der Waals surface area (Å²) in [5.74, 6) is -0.314. The number of aryl methyl sites for hydroxylation is 1. The molecule has 0 amide bonds. The highest BCUT2D eigenvalue weighted by Gasteiger charge is 2.05. The van der Waals surface area contributed by atoms with Crippen LogP contribution in [0.15, 0.2) is 27.4 Å². The van der Waals surface area contributed by atoms with Crippen molar-refractivity contribution in [3.8, 4) is 0 Å². The number of rotatable bonds is 4. The Morgan fingerprint density at radius 2 is 2.31 bits per heavy atom. The highest BCUT2D eigenvalue weighted by Crippen LogP contribution is 2.14. The van der Waals surface area contributed by atoms with E-state index in [1.165, 1.54) is 10.1 Å². The number of fused-ring (bicyclic) bond motifs is 1. The fourth-order valence-electron chi connectivity index (χ4n) is 1.63. The second-order valence-corrected chi connectivity index (χ2v) is 4.17. The summed E-state index contributed by atoms with van der Waals surface area (Å²) in [5, 5.41) is 3.19. The Hall–Kier alpha value is -1.07. The first kappa shape index (κ1) is 11.4. The molecule has 16 heavy (non-hydrogen) atoms. The topological polar surface area (TPSA) is 47.2 Å². The molecule has 1 aromatic carbocycles. The van der Waals surface area contributed by atoms with Gasteiger partial charge in [0.25, 0.3) is 0 Å². The summed E-state index contributed by atoms with van der Waals surface area (Å²) in [6, 6.07) is 5.83. The van der Waals surface area contributed by atoms with Gasteiger partial charge in [-0.05, 0) is 30.7 Å². The number of nitrogens with zero attached hydrogens (tertiary/aromatic N) is 1. The Labute approximate surface area is 101 Å². The quantitative estimate of drug-likeness (QED) is 0.527. The minimum absolute atomic E-state index is 0.314. The number of alkyl halides is 1. The smallest absolute Gasteiger partial charge is 0.408 e. The van der Waals surface area contributed by atoms with E-state index in [-0.39, 0.29) is 5.76 Å². The van der Waals surface area contributed by atoms with Gasteiger partial charge in [0.1, 0.15) is 0 Å². The summed E-state index contributed by atoms with van der Waals surface area (Å²) in [6.45, 7) is 0.905. The predicted octanol–water partition coefficient (Wildman–Crippen LogP) is 1.62. The number of hydrogen-bond acceptors (Lipinski definition) is 3. The Morgan fingerprint density at radius 3 is 3.06 bits per heavy atom. The molecule has 86 valence electrons. The van der Waals surface area contributed by atoms with Gasteiger partial charge in [-0.25, -0.2) is 4.79 Å². The Bertz CT molecular complexity index is 544. The van der Waals surface area contributed by atoms with Crippen LogP contribution in [-0.2, 0) is 13.5 Å². The van der Waals surface area contributed by atoms with Gasteiger partial charge in [0, 0.05) is 7.05 Å². The second-order valence-electron chi connectivity index (χ2n) is 3.61. The lowest BCUT2D eigenvalue weighted by atomic mass is 10.1. The van der Waals surface area contributed by atoms with Gasteiger partial charge in [-0.15, -0.1) is 0 Å². The van der Waals surface area contributed by atoms with Crippen molar-refractivity contribution < 1.29 is 4.42 Å². The van der Waals surface area contributed by atoms with Crippen molar-refractivity contribution in [1.82, 2.24) is 9.88 Å². The van der Waals surface area contributed by atoms with E-state index in [2.05, 4.69) is 21.2 Å². The molecule has 0 aliphatic rings. The van der Waals surface area contributed by atoms with E-state index < -0.39 is 0 Å². The van der Waals surface area contributed by atoms with Crippen LogP contribution in [0.2, 0.25) is 0 Å². The number of oxazole rings is 1. The van der Waals surface area contributed by atoms with Crippen LogP contribution < -0.4 is 11.1 Å². The molecule has 0 aliphatic carbocycles. The van der Waals surface area contributed by atoms with Gasteiger partial charge in [0.2, 0.25) is 0 Å². The molecule has 5 heteroatoms. The average molecular weight is 285 g/mol. The molecule has 0 unspecified atom stereocenters. The van der Waals surface area contributed by atoms with E-state index >= 15 is 0 Å². The van der Waals surface area contributed by atoms with E-state index in [9.17, 15) is 4.79 Å². The van der Waals surface area contributed by atoms with Crippen molar-refractivity contribution in [2.75, 3.05) is 12.0 Å². The first-order chi connectivity index (χ1) is 7.72. The molecular formula is C11H13BrN2O2. The number of hydrogen-bond donors (Lipinski definition) is 1. The van der Waals surface area contributed by atoms with Crippen molar-refractivity contribution in [3.63, 3.8) is 0 Å². The maximum absolute atomic E-state index is 11.3. The lowest BCUT2D eigenvalue weighted by molar-refractivity contribution is 0.528. The van der Waals surface area contributed by atoms with E-state index in [0.717, 1.165) is 23.9 Å². The Kier molecular flexibility index (Phi) is 3.46. The van der Waals surface area contributed by atoms with E-state index in [4.69, 9.17) is 4.42 Å². The van der Waals surface area contributed by atoms with Crippen molar-refractivity contribution in [1.29, 1.82) is 0 Å². The standard InChI is InChI=1S/C11H13BrN2O2/c1-14-9-6-8(4-5-13-7-12)2-3-10(9)16-11(14)15/h2-3,6,13H,4-5,7H2,1H3. The van der Waals surface area contributed by atoms with E-state index in [0.29, 0.717) is 5.58 Å². The zero-order valence-electron chi connectivity index (χ0n) is 9.00. The Morgan fingerprint density at radius 1 is 1.50 bits per heavy atom. The minimum atomic E-state index is -0.314. The molecule has 0 saturated heterocycles. The van der Waals surface area contributed by atoms with Crippen LogP contribution in [-0.4, -0.2) is 16.6 Å². The molecule has 1 heterocycles. The zero-order chi connectivity index (χ0) is 11.5. The first-order valence-corrected chi connectivity index (χ1v) is 6.19. The van der Waals surface area contributed by atoms with Gasteiger partial charge in [0.05, 0.1) is 11.0 Å². The molecule has 4 nitrogen and oxygen atoms in total. The Balaban J connectivity index is 2.28. The molecule has 0 aliphatic heterocycles. The maximum Gasteiger partial charge on any atom is 0.419 e. The summed E-state index contributed by atoms with van der Waals surface area (Å²) in [7, 11) is 1.72. The van der Waals surface area contributed by atoms with Gasteiger partial charge in [0.15, 0.2) is 5.58 Å². The lowest BCUT2D eigenvalue weighted by Gasteiger charge is -2.01. The van der Waals surface area contributed by atoms with Gasteiger partial charge in [-0.2, -0.15) is 0 Å². The van der Waals surface area contributed by atoms with Gasteiger partial charge in [-0.1, -0.05) is 22.0 Å².